The summed E-state index contributed by atoms with van der Waals surface area (Å²) in [5.74, 6) is -1.64. The van der Waals surface area contributed by atoms with E-state index in [0.29, 0.717) is 0 Å². The molecule has 0 bridgehead atoms. The molecular formula is C13H14FNO5. The molecule has 1 fully saturated rings. The van der Waals surface area contributed by atoms with Crippen molar-refractivity contribution in [1.82, 2.24) is 0 Å². The number of carboxylic acids is 1. The highest BCUT2D eigenvalue weighted by Crippen LogP contribution is 2.37. The molecule has 6 nitrogen and oxygen atoms in total. The first-order chi connectivity index (χ1) is 9.44. The number of hydrogen-bond donors (Lipinski definition) is 1. The van der Waals surface area contributed by atoms with Gasteiger partial charge in [-0.1, -0.05) is 0 Å². The molecule has 7 heteroatoms. The van der Waals surface area contributed by atoms with Gasteiger partial charge in [-0.05, 0) is 31.4 Å². The average molecular weight is 283 g/mol. The zero-order chi connectivity index (χ0) is 14.8. The number of nitro benzene ring substituents is 1. The number of carboxylic acid groups (broad SMARTS) is 1. The Hall–Kier alpha value is -2.02. The van der Waals surface area contributed by atoms with E-state index in [4.69, 9.17) is 4.74 Å². The normalized spacial score (nSPS) is 17.6. The third-order valence-corrected chi connectivity index (χ3v) is 3.67. The summed E-state index contributed by atoms with van der Waals surface area (Å²) in [5, 5.41) is 20.4. The monoisotopic (exact) mass is 283 g/mol. The Morgan fingerprint density at radius 1 is 1.45 bits per heavy atom. The molecule has 1 aliphatic rings. The Labute approximate surface area is 114 Å². The summed E-state index contributed by atoms with van der Waals surface area (Å²) in [5.41, 5.74) is -1.27. The van der Waals surface area contributed by atoms with Gasteiger partial charge in [0.1, 0.15) is 5.82 Å². The van der Waals surface area contributed by atoms with E-state index in [1.165, 1.54) is 0 Å². The number of ether oxygens (including phenoxy) is 1. The number of carbonyl (C=O) groups is 1. The lowest BCUT2D eigenvalue weighted by molar-refractivity contribution is -0.385. The molecule has 0 saturated carbocycles. The first-order valence-electron chi connectivity index (χ1n) is 6.19. The van der Waals surface area contributed by atoms with Crippen molar-refractivity contribution < 1.29 is 24.0 Å². The minimum Gasteiger partial charge on any atom is -0.481 e. The Bertz CT molecular complexity index is 540. The van der Waals surface area contributed by atoms with Crippen LogP contribution in [0.5, 0.6) is 0 Å². The minimum atomic E-state index is -1.13. The van der Waals surface area contributed by atoms with E-state index in [0.717, 1.165) is 18.2 Å². The van der Waals surface area contributed by atoms with Crippen LogP contribution in [0, 0.1) is 21.3 Å². The van der Waals surface area contributed by atoms with Gasteiger partial charge in [-0.3, -0.25) is 14.9 Å². The van der Waals surface area contributed by atoms with Crippen LogP contribution < -0.4 is 0 Å². The molecule has 1 aliphatic heterocycles. The lowest BCUT2D eigenvalue weighted by atomic mass is 9.75. The average Bonchev–Trinajstić information content (AvgIpc) is 2.39. The Balaban J connectivity index is 2.38. The summed E-state index contributed by atoms with van der Waals surface area (Å²) in [6.07, 6.45) is 0.450. The highest BCUT2D eigenvalue weighted by atomic mass is 19.1. The molecular weight excluding hydrogens is 269 g/mol. The molecule has 1 N–H and O–H groups in total. The third kappa shape index (κ3) is 2.77. The van der Waals surface area contributed by atoms with Crippen LogP contribution in [0.15, 0.2) is 18.2 Å². The fraction of sp³-hybridized carbons (Fsp3) is 0.462. The van der Waals surface area contributed by atoms with Gasteiger partial charge in [0.05, 0.1) is 10.3 Å². The Morgan fingerprint density at radius 2 is 2.10 bits per heavy atom. The van der Waals surface area contributed by atoms with Gasteiger partial charge in [0, 0.05) is 24.8 Å². The van der Waals surface area contributed by atoms with Gasteiger partial charge >= 0.3 is 5.97 Å². The van der Waals surface area contributed by atoms with Gasteiger partial charge in [-0.15, -0.1) is 0 Å². The second kappa shape index (κ2) is 5.54. The number of benzene rings is 1. The number of hydrogen-bond acceptors (Lipinski definition) is 4. The first kappa shape index (κ1) is 14.4. The maximum absolute atomic E-state index is 13.3. The molecule has 0 spiro atoms. The van der Waals surface area contributed by atoms with Crippen molar-refractivity contribution in [3.05, 3.63) is 39.7 Å². The fourth-order valence-corrected chi connectivity index (χ4v) is 2.47. The SMILES string of the molecule is O=C(O)C1(Cc2cc(F)ccc2[N+](=O)[O-])CCOCC1. The molecule has 0 unspecified atom stereocenters. The molecule has 0 amide bonds. The number of nitrogens with zero attached hydrogens (tertiary/aromatic N) is 1. The van der Waals surface area contributed by atoms with Gasteiger partial charge in [0.25, 0.3) is 5.69 Å². The Kier molecular flexibility index (Phi) is 3.99. The summed E-state index contributed by atoms with van der Waals surface area (Å²) in [7, 11) is 0. The van der Waals surface area contributed by atoms with Crippen LogP contribution in [0.1, 0.15) is 18.4 Å². The number of halogens is 1. The van der Waals surface area contributed by atoms with E-state index in [9.17, 15) is 24.4 Å². The second-order valence-electron chi connectivity index (χ2n) is 4.90. The first-order valence-corrected chi connectivity index (χ1v) is 6.19. The molecule has 1 heterocycles. The summed E-state index contributed by atoms with van der Waals surface area (Å²) >= 11 is 0. The summed E-state index contributed by atoms with van der Waals surface area (Å²) in [6, 6.07) is 3.11. The van der Waals surface area contributed by atoms with Crippen LogP contribution in [0.4, 0.5) is 10.1 Å². The van der Waals surface area contributed by atoms with Gasteiger partial charge in [-0.25, -0.2) is 4.39 Å². The second-order valence-corrected chi connectivity index (χ2v) is 4.90. The number of nitro groups is 1. The van der Waals surface area contributed by atoms with Crippen molar-refractivity contribution in [3.8, 4) is 0 Å². The number of aliphatic carboxylic acids is 1. The maximum atomic E-state index is 13.3. The van der Waals surface area contributed by atoms with Crippen LogP contribution in [0.2, 0.25) is 0 Å². The standard InChI is InChI=1S/C13H14FNO5/c14-10-1-2-11(15(18)19)9(7-10)8-13(12(16)17)3-5-20-6-4-13/h1-2,7H,3-6,8H2,(H,16,17). The van der Waals surface area contributed by atoms with E-state index < -0.39 is 22.1 Å². The van der Waals surface area contributed by atoms with Gasteiger partial charge in [-0.2, -0.15) is 0 Å². The molecule has 0 radical (unpaired) electrons. The molecule has 2 rings (SSSR count). The molecule has 20 heavy (non-hydrogen) atoms. The zero-order valence-corrected chi connectivity index (χ0v) is 10.7. The van der Waals surface area contributed by atoms with Crippen LogP contribution in [0.25, 0.3) is 0 Å². The molecule has 0 aliphatic carbocycles. The van der Waals surface area contributed by atoms with Gasteiger partial charge in [0.15, 0.2) is 0 Å². The highest BCUT2D eigenvalue weighted by molar-refractivity contribution is 5.75. The maximum Gasteiger partial charge on any atom is 0.310 e. The molecule has 108 valence electrons. The van der Waals surface area contributed by atoms with Crippen LogP contribution >= 0.6 is 0 Å². The number of rotatable bonds is 4. The zero-order valence-electron chi connectivity index (χ0n) is 10.7. The van der Waals surface area contributed by atoms with Crippen molar-refractivity contribution in [2.24, 2.45) is 5.41 Å². The van der Waals surface area contributed by atoms with E-state index in [1.807, 2.05) is 0 Å². The van der Waals surface area contributed by atoms with Crippen molar-refractivity contribution >= 4 is 11.7 Å². The van der Waals surface area contributed by atoms with Gasteiger partial charge in [0.2, 0.25) is 0 Å². The summed E-state index contributed by atoms with van der Waals surface area (Å²) < 4.78 is 18.4. The highest BCUT2D eigenvalue weighted by Gasteiger charge is 2.41. The summed E-state index contributed by atoms with van der Waals surface area (Å²) in [4.78, 5) is 21.9. The van der Waals surface area contributed by atoms with Crippen molar-refractivity contribution in [1.29, 1.82) is 0 Å². The smallest absolute Gasteiger partial charge is 0.310 e. The lowest BCUT2D eigenvalue weighted by Gasteiger charge is -2.33. The quantitative estimate of drug-likeness (QED) is 0.675. The fourth-order valence-electron chi connectivity index (χ4n) is 2.47. The topological polar surface area (TPSA) is 89.7 Å². The van der Waals surface area contributed by atoms with Crippen molar-refractivity contribution in [3.63, 3.8) is 0 Å². The van der Waals surface area contributed by atoms with Crippen molar-refractivity contribution in [2.45, 2.75) is 19.3 Å². The van der Waals surface area contributed by atoms with E-state index in [-0.39, 0.29) is 43.7 Å². The van der Waals surface area contributed by atoms with Crippen LogP contribution in [-0.4, -0.2) is 29.2 Å². The Morgan fingerprint density at radius 3 is 2.65 bits per heavy atom. The molecule has 1 saturated heterocycles. The van der Waals surface area contributed by atoms with E-state index >= 15 is 0 Å². The third-order valence-electron chi connectivity index (χ3n) is 3.67. The van der Waals surface area contributed by atoms with Crippen molar-refractivity contribution in [2.75, 3.05) is 13.2 Å². The molecule has 0 atom stereocenters. The minimum absolute atomic E-state index is 0.0697. The predicted molar refractivity (Wildman–Crippen MR) is 66.9 cm³/mol. The van der Waals surface area contributed by atoms with E-state index in [2.05, 4.69) is 0 Å². The molecule has 1 aromatic carbocycles. The van der Waals surface area contributed by atoms with Crippen LogP contribution in [0.3, 0.4) is 0 Å². The molecule has 0 aromatic heterocycles. The van der Waals surface area contributed by atoms with Crippen LogP contribution in [-0.2, 0) is 16.0 Å². The largest absolute Gasteiger partial charge is 0.481 e. The van der Waals surface area contributed by atoms with Gasteiger partial charge < -0.3 is 9.84 Å². The van der Waals surface area contributed by atoms with E-state index in [1.54, 1.807) is 0 Å². The molecule has 1 aromatic rings. The summed E-state index contributed by atoms with van der Waals surface area (Å²) in [6.45, 7) is 0.574. The lowest BCUT2D eigenvalue weighted by Crippen LogP contribution is -2.39. The predicted octanol–water partition coefficient (Wildman–Crippen LogP) is 2.16.